The number of hydrogen-bond acceptors (Lipinski definition) is 3. The summed E-state index contributed by atoms with van der Waals surface area (Å²) in [5.74, 6) is -0.217. The summed E-state index contributed by atoms with van der Waals surface area (Å²) in [5.41, 5.74) is -0.0663. The van der Waals surface area contributed by atoms with Crippen molar-refractivity contribution in [2.75, 3.05) is 0 Å². The number of imide groups is 1. The first-order valence-electron chi connectivity index (χ1n) is 6.44. The van der Waals surface area contributed by atoms with E-state index in [4.69, 9.17) is 0 Å². The number of carbonyl (C=O) groups is 2. The number of thiophene rings is 1. The maximum Gasteiger partial charge on any atom is 0.325 e. The van der Waals surface area contributed by atoms with Gasteiger partial charge in [-0.05, 0) is 30.0 Å². The molecule has 0 aliphatic carbocycles. The van der Waals surface area contributed by atoms with Gasteiger partial charge < -0.3 is 5.32 Å². The van der Waals surface area contributed by atoms with Crippen LogP contribution in [0.25, 0.3) is 0 Å². The average Bonchev–Trinajstić information content (AvgIpc) is 3.06. The van der Waals surface area contributed by atoms with E-state index in [-0.39, 0.29) is 18.5 Å². The molecule has 0 spiro atoms. The molecule has 1 aliphatic rings. The molecule has 1 atom stereocenters. The highest BCUT2D eigenvalue weighted by molar-refractivity contribution is 9.10. The lowest BCUT2D eigenvalue weighted by Gasteiger charge is -2.20. The SMILES string of the molecule is CC1(c2cccs2)NC(=O)N(Cc2ccccc2Br)C1=O. The average molecular weight is 365 g/mol. The molecule has 3 rings (SSSR count). The summed E-state index contributed by atoms with van der Waals surface area (Å²) in [7, 11) is 0. The van der Waals surface area contributed by atoms with Crippen LogP contribution in [0.3, 0.4) is 0 Å². The van der Waals surface area contributed by atoms with Gasteiger partial charge in [-0.2, -0.15) is 0 Å². The number of urea groups is 1. The number of hydrogen-bond donors (Lipinski definition) is 1. The number of carbonyl (C=O) groups excluding carboxylic acids is 2. The van der Waals surface area contributed by atoms with Crippen LogP contribution in [-0.2, 0) is 16.9 Å². The van der Waals surface area contributed by atoms with E-state index in [1.165, 1.54) is 16.2 Å². The fraction of sp³-hybridized carbons (Fsp3) is 0.200. The summed E-state index contributed by atoms with van der Waals surface area (Å²) in [6.45, 7) is 2.01. The Hall–Kier alpha value is -1.66. The lowest BCUT2D eigenvalue weighted by atomic mass is 10.0. The first-order valence-corrected chi connectivity index (χ1v) is 8.11. The van der Waals surface area contributed by atoms with Crippen LogP contribution in [0.15, 0.2) is 46.3 Å². The predicted octanol–water partition coefficient (Wildman–Crippen LogP) is 3.48. The molecule has 1 saturated heterocycles. The quantitative estimate of drug-likeness (QED) is 0.847. The third-order valence-corrected chi connectivity index (χ3v) is 5.44. The largest absolute Gasteiger partial charge is 0.325 e. The third kappa shape index (κ3) is 2.38. The Labute approximate surface area is 134 Å². The van der Waals surface area contributed by atoms with Gasteiger partial charge in [0.2, 0.25) is 0 Å². The minimum atomic E-state index is -0.966. The molecule has 2 heterocycles. The van der Waals surface area contributed by atoms with Crippen LogP contribution in [0.5, 0.6) is 0 Å². The topological polar surface area (TPSA) is 49.4 Å². The molecule has 1 aliphatic heterocycles. The van der Waals surface area contributed by atoms with E-state index >= 15 is 0 Å². The summed E-state index contributed by atoms with van der Waals surface area (Å²) in [5, 5.41) is 4.70. The number of halogens is 1. The van der Waals surface area contributed by atoms with E-state index in [1.807, 2.05) is 41.8 Å². The molecule has 0 radical (unpaired) electrons. The van der Waals surface area contributed by atoms with Gasteiger partial charge in [-0.3, -0.25) is 9.69 Å². The Morgan fingerprint density at radius 2 is 2.00 bits per heavy atom. The fourth-order valence-corrected chi connectivity index (χ4v) is 3.61. The van der Waals surface area contributed by atoms with Crippen molar-refractivity contribution < 1.29 is 9.59 Å². The van der Waals surface area contributed by atoms with Crippen LogP contribution in [0.4, 0.5) is 4.79 Å². The summed E-state index contributed by atoms with van der Waals surface area (Å²) in [6.07, 6.45) is 0. The molecular weight excluding hydrogens is 352 g/mol. The molecular formula is C15H13BrN2O2S. The van der Waals surface area contributed by atoms with Gasteiger partial charge in [-0.15, -0.1) is 11.3 Å². The maximum atomic E-state index is 12.7. The molecule has 0 saturated carbocycles. The maximum absolute atomic E-state index is 12.7. The van der Waals surface area contributed by atoms with Crippen LogP contribution < -0.4 is 5.32 Å². The minimum absolute atomic E-state index is 0.217. The summed E-state index contributed by atoms with van der Waals surface area (Å²) >= 11 is 4.91. The highest BCUT2D eigenvalue weighted by Gasteiger charge is 2.49. The lowest BCUT2D eigenvalue weighted by molar-refractivity contribution is -0.131. The van der Waals surface area contributed by atoms with Crippen molar-refractivity contribution in [3.8, 4) is 0 Å². The Bertz CT molecular complexity index is 701. The van der Waals surface area contributed by atoms with Gasteiger partial charge in [0.25, 0.3) is 5.91 Å². The minimum Gasteiger partial charge on any atom is -0.319 e. The van der Waals surface area contributed by atoms with Crippen molar-refractivity contribution in [2.45, 2.75) is 19.0 Å². The van der Waals surface area contributed by atoms with Gasteiger partial charge in [-0.25, -0.2) is 4.79 Å². The Morgan fingerprint density at radius 1 is 1.24 bits per heavy atom. The second-order valence-corrected chi connectivity index (χ2v) is 6.82. The summed E-state index contributed by atoms with van der Waals surface area (Å²) in [6, 6.07) is 11.0. The van der Waals surface area contributed by atoms with Crippen molar-refractivity contribution in [1.82, 2.24) is 10.2 Å². The zero-order valence-corrected chi connectivity index (χ0v) is 13.7. The first-order chi connectivity index (χ1) is 10.0. The molecule has 0 bridgehead atoms. The zero-order chi connectivity index (χ0) is 15.0. The van der Waals surface area contributed by atoms with Gasteiger partial charge in [-0.1, -0.05) is 40.2 Å². The number of benzene rings is 1. The highest BCUT2D eigenvalue weighted by Crippen LogP contribution is 2.33. The van der Waals surface area contributed by atoms with Crippen LogP contribution in [-0.4, -0.2) is 16.8 Å². The first kappa shape index (κ1) is 14.3. The van der Waals surface area contributed by atoms with Crippen molar-refractivity contribution >= 4 is 39.2 Å². The highest BCUT2D eigenvalue weighted by atomic mass is 79.9. The third-order valence-electron chi connectivity index (χ3n) is 3.58. The van der Waals surface area contributed by atoms with Crippen molar-refractivity contribution in [1.29, 1.82) is 0 Å². The molecule has 1 aromatic heterocycles. The second-order valence-electron chi connectivity index (χ2n) is 5.02. The molecule has 1 aromatic carbocycles. The van der Waals surface area contributed by atoms with E-state index in [9.17, 15) is 9.59 Å². The van der Waals surface area contributed by atoms with Crippen LogP contribution in [0.2, 0.25) is 0 Å². The predicted molar refractivity (Wildman–Crippen MR) is 84.9 cm³/mol. The van der Waals surface area contributed by atoms with Crippen LogP contribution >= 0.6 is 27.3 Å². The normalized spacial score (nSPS) is 21.7. The smallest absolute Gasteiger partial charge is 0.319 e. The molecule has 1 N–H and O–H groups in total. The van der Waals surface area contributed by atoms with Crippen molar-refractivity contribution in [2.24, 2.45) is 0 Å². The van der Waals surface area contributed by atoms with Gasteiger partial charge in [0.05, 0.1) is 6.54 Å². The molecule has 4 nitrogen and oxygen atoms in total. The van der Waals surface area contributed by atoms with E-state index in [1.54, 1.807) is 6.92 Å². The molecule has 6 heteroatoms. The van der Waals surface area contributed by atoms with E-state index in [0.717, 1.165) is 14.9 Å². The lowest BCUT2D eigenvalue weighted by Crippen LogP contribution is -2.40. The monoisotopic (exact) mass is 364 g/mol. The van der Waals surface area contributed by atoms with Crippen LogP contribution in [0.1, 0.15) is 17.4 Å². The Morgan fingerprint density at radius 3 is 2.67 bits per heavy atom. The Balaban J connectivity index is 1.90. The number of nitrogens with one attached hydrogen (secondary N) is 1. The fourth-order valence-electron chi connectivity index (χ4n) is 2.37. The van der Waals surface area contributed by atoms with E-state index in [2.05, 4.69) is 21.2 Å². The number of amides is 3. The van der Waals surface area contributed by atoms with Gasteiger partial charge in [0, 0.05) is 9.35 Å². The Kier molecular flexibility index (Phi) is 3.59. The molecule has 3 amide bonds. The van der Waals surface area contributed by atoms with Crippen molar-refractivity contribution in [3.63, 3.8) is 0 Å². The standard InChI is InChI=1S/C15H13BrN2O2S/c1-15(12-7-4-8-21-12)13(19)18(14(20)17-15)9-10-5-2-3-6-11(10)16/h2-8H,9H2,1H3,(H,17,20). The molecule has 21 heavy (non-hydrogen) atoms. The molecule has 108 valence electrons. The van der Waals surface area contributed by atoms with Crippen molar-refractivity contribution in [3.05, 3.63) is 56.7 Å². The number of rotatable bonds is 3. The van der Waals surface area contributed by atoms with E-state index < -0.39 is 5.54 Å². The van der Waals surface area contributed by atoms with E-state index in [0.29, 0.717) is 0 Å². The molecule has 1 unspecified atom stereocenters. The molecule has 1 fully saturated rings. The van der Waals surface area contributed by atoms with Gasteiger partial charge >= 0.3 is 6.03 Å². The van der Waals surface area contributed by atoms with Gasteiger partial charge in [0.15, 0.2) is 5.54 Å². The zero-order valence-electron chi connectivity index (χ0n) is 11.3. The molecule has 2 aromatic rings. The van der Waals surface area contributed by atoms with Crippen LogP contribution in [0, 0.1) is 0 Å². The number of nitrogens with zero attached hydrogens (tertiary/aromatic N) is 1. The summed E-state index contributed by atoms with van der Waals surface area (Å²) < 4.78 is 0.885. The second kappa shape index (κ2) is 5.27. The summed E-state index contributed by atoms with van der Waals surface area (Å²) in [4.78, 5) is 27.0. The van der Waals surface area contributed by atoms with Gasteiger partial charge in [0.1, 0.15) is 0 Å².